The van der Waals surface area contributed by atoms with Gasteiger partial charge < -0.3 is 5.32 Å². The summed E-state index contributed by atoms with van der Waals surface area (Å²) in [6.07, 6.45) is 0.987. The molecule has 1 N–H and O–H groups in total. The first-order chi connectivity index (χ1) is 8.75. The van der Waals surface area contributed by atoms with Crippen molar-refractivity contribution in [1.82, 2.24) is 5.32 Å². The molecule has 0 heterocycles. The molecule has 0 amide bonds. The van der Waals surface area contributed by atoms with Crippen LogP contribution in [0.4, 0.5) is 4.39 Å². The molecule has 0 saturated heterocycles. The van der Waals surface area contributed by atoms with Gasteiger partial charge >= 0.3 is 0 Å². The van der Waals surface area contributed by atoms with Crippen molar-refractivity contribution < 1.29 is 4.39 Å². The lowest BCUT2D eigenvalue weighted by Crippen LogP contribution is -2.21. The van der Waals surface area contributed by atoms with Gasteiger partial charge in [0, 0.05) is 6.04 Å². The van der Waals surface area contributed by atoms with Gasteiger partial charge in [-0.25, -0.2) is 4.39 Å². The number of hydrogen-bond donors (Lipinski definition) is 1. The SMILES string of the molecule is C[C@@H](NCCc1ccccc1)c1cccc(F)c1. The first-order valence-corrected chi connectivity index (χ1v) is 6.28. The fraction of sp³-hybridized carbons (Fsp3) is 0.250. The van der Waals surface area contributed by atoms with E-state index in [1.807, 2.05) is 24.3 Å². The van der Waals surface area contributed by atoms with Crippen LogP contribution in [0.3, 0.4) is 0 Å². The minimum atomic E-state index is -0.177. The van der Waals surface area contributed by atoms with Crippen molar-refractivity contribution in [2.75, 3.05) is 6.54 Å². The summed E-state index contributed by atoms with van der Waals surface area (Å²) < 4.78 is 13.1. The van der Waals surface area contributed by atoms with Gasteiger partial charge in [-0.15, -0.1) is 0 Å². The zero-order chi connectivity index (χ0) is 12.8. The Morgan fingerprint density at radius 1 is 1.06 bits per heavy atom. The Morgan fingerprint density at radius 2 is 1.83 bits per heavy atom. The third-order valence-electron chi connectivity index (χ3n) is 3.06. The van der Waals surface area contributed by atoms with Gasteiger partial charge in [-0.05, 0) is 43.1 Å². The summed E-state index contributed by atoms with van der Waals surface area (Å²) in [6, 6.07) is 17.3. The molecule has 2 heteroatoms. The molecule has 0 saturated carbocycles. The first-order valence-electron chi connectivity index (χ1n) is 6.28. The molecule has 18 heavy (non-hydrogen) atoms. The Labute approximate surface area is 108 Å². The molecule has 0 unspecified atom stereocenters. The van der Waals surface area contributed by atoms with Crippen LogP contribution in [0.25, 0.3) is 0 Å². The van der Waals surface area contributed by atoms with Crippen molar-refractivity contribution in [3.63, 3.8) is 0 Å². The average Bonchev–Trinajstić information content (AvgIpc) is 2.40. The highest BCUT2D eigenvalue weighted by Crippen LogP contribution is 2.13. The number of rotatable bonds is 5. The molecule has 0 aliphatic rings. The van der Waals surface area contributed by atoms with E-state index < -0.39 is 0 Å². The second-order valence-electron chi connectivity index (χ2n) is 4.47. The molecule has 0 fully saturated rings. The lowest BCUT2D eigenvalue weighted by Gasteiger charge is -2.14. The van der Waals surface area contributed by atoms with Crippen molar-refractivity contribution >= 4 is 0 Å². The second kappa shape index (κ2) is 6.31. The normalized spacial score (nSPS) is 12.3. The van der Waals surface area contributed by atoms with Gasteiger partial charge in [0.15, 0.2) is 0 Å². The Bertz CT molecular complexity index is 481. The molecule has 1 nitrogen and oxygen atoms in total. The molecule has 0 aliphatic heterocycles. The largest absolute Gasteiger partial charge is 0.310 e. The maximum Gasteiger partial charge on any atom is 0.123 e. The predicted octanol–water partition coefficient (Wildman–Crippen LogP) is 3.72. The number of halogens is 1. The van der Waals surface area contributed by atoms with Crippen LogP contribution in [0.15, 0.2) is 54.6 Å². The molecular formula is C16H18FN. The molecule has 0 spiro atoms. The number of hydrogen-bond acceptors (Lipinski definition) is 1. The highest BCUT2D eigenvalue weighted by atomic mass is 19.1. The first kappa shape index (κ1) is 12.8. The average molecular weight is 243 g/mol. The number of benzene rings is 2. The highest BCUT2D eigenvalue weighted by molar-refractivity contribution is 5.20. The van der Waals surface area contributed by atoms with Crippen molar-refractivity contribution in [3.8, 4) is 0 Å². The third kappa shape index (κ3) is 3.67. The summed E-state index contributed by atoms with van der Waals surface area (Å²) in [6.45, 7) is 2.95. The van der Waals surface area contributed by atoms with E-state index in [1.54, 1.807) is 12.1 Å². The summed E-state index contributed by atoms with van der Waals surface area (Å²) in [5.41, 5.74) is 2.31. The maximum absolute atomic E-state index is 13.1. The van der Waals surface area contributed by atoms with Crippen LogP contribution in [0.2, 0.25) is 0 Å². The van der Waals surface area contributed by atoms with E-state index in [0.29, 0.717) is 0 Å². The standard InChI is InChI=1S/C16H18FN/c1-13(15-8-5-9-16(17)12-15)18-11-10-14-6-3-2-4-7-14/h2-9,12-13,18H,10-11H2,1H3/t13-/m1/s1. The predicted molar refractivity (Wildman–Crippen MR) is 73.0 cm³/mol. The van der Waals surface area contributed by atoms with Crippen LogP contribution >= 0.6 is 0 Å². The van der Waals surface area contributed by atoms with Gasteiger partial charge in [0.25, 0.3) is 0 Å². The van der Waals surface area contributed by atoms with Crippen LogP contribution in [0.5, 0.6) is 0 Å². The van der Waals surface area contributed by atoms with E-state index in [-0.39, 0.29) is 11.9 Å². The molecule has 0 aliphatic carbocycles. The minimum absolute atomic E-state index is 0.171. The Kier molecular flexibility index (Phi) is 4.48. The Hall–Kier alpha value is -1.67. The zero-order valence-corrected chi connectivity index (χ0v) is 10.6. The van der Waals surface area contributed by atoms with Gasteiger partial charge in [-0.3, -0.25) is 0 Å². The van der Waals surface area contributed by atoms with Crippen molar-refractivity contribution in [3.05, 3.63) is 71.5 Å². The summed E-state index contributed by atoms with van der Waals surface area (Å²) in [7, 11) is 0. The van der Waals surface area contributed by atoms with E-state index in [2.05, 4.69) is 24.4 Å². The third-order valence-corrected chi connectivity index (χ3v) is 3.06. The van der Waals surface area contributed by atoms with Gasteiger partial charge in [-0.2, -0.15) is 0 Å². The van der Waals surface area contributed by atoms with Crippen molar-refractivity contribution in [1.29, 1.82) is 0 Å². The summed E-state index contributed by atoms with van der Waals surface area (Å²) in [5.74, 6) is -0.177. The van der Waals surface area contributed by atoms with Crippen LogP contribution in [-0.2, 0) is 6.42 Å². The molecule has 2 aromatic carbocycles. The fourth-order valence-electron chi connectivity index (χ4n) is 1.97. The molecule has 0 aromatic heterocycles. The Morgan fingerprint density at radius 3 is 2.56 bits per heavy atom. The van der Waals surface area contributed by atoms with Gasteiger partial charge in [-0.1, -0.05) is 42.5 Å². The van der Waals surface area contributed by atoms with Crippen LogP contribution in [-0.4, -0.2) is 6.54 Å². The minimum Gasteiger partial charge on any atom is -0.310 e. The summed E-state index contributed by atoms with van der Waals surface area (Å²) >= 11 is 0. The second-order valence-corrected chi connectivity index (χ2v) is 4.47. The molecule has 1 atom stereocenters. The van der Waals surface area contributed by atoms with Gasteiger partial charge in [0.2, 0.25) is 0 Å². The smallest absolute Gasteiger partial charge is 0.123 e. The molecule has 0 bridgehead atoms. The molecule has 2 aromatic rings. The summed E-state index contributed by atoms with van der Waals surface area (Å²) in [4.78, 5) is 0. The van der Waals surface area contributed by atoms with E-state index in [4.69, 9.17) is 0 Å². The van der Waals surface area contributed by atoms with Crippen LogP contribution in [0.1, 0.15) is 24.1 Å². The lowest BCUT2D eigenvalue weighted by molar-refractivity contribution is 0.567. The summed E-state index contributed by atoms with van der Waals surface area (Å²) in [5, 5.41) is 3.41. The fourth-order valence-corrected chi connectivity index (χ4v) is 1.97. The van der Waals surface area contributed by atoms with Gasteiger partial charge in [0.05, 0.1) is 0 Å². The topological polar surface area (TPSA) is 12.0 Å². The highest BCUT2D eigenvalue weighted by Gasteiger charge is 2.04. The van der Waals surface area contributed by atoms with Crippen LogP contribution in [0, 0.1) is 5.82 Å². The van der Waals surface area contributed by atoms with E-state index in [1.165, 1.54) is 11.6 Å². The monoisotopic (exact) mass is 243 g/mol. The molecular weight excluding hydrogens is 225 g/mol. The van der Waals surface area contributed by atoms with Crippen molar-refractivity contribution in [2.45, 2.75) is 19.4 Å². The maximum atomic E-state index is 13.1. The van der Waals surface area contributed by atoms with E-state index in [9.17, 15) is 4.39 Å². The molecule has 0 radical (unpaired) electrons. The zero-order valence-electron chi connectivity index (χ0n) is 10.6. The number of nitrogens with one attached hydrogen (secondary N) is 1. The Balaban J connectivity index is 1.83. The van der Waals surface area contributed by atoms with Crippen LogP contribution < -0.4 is 5.32 Å². The van der Waals surface area contributed by atoms with Gasteiger partial charge in [0.1, 0.15) is 5.82 Å². The quantitative estimate of drug-likeness (QED) is 0.844. The molecule has 2 rings (SSSR count). The lowest BCUT2D eigenvalue weighted by atomic mass is 10.1. The molecule has 94 valence electrons. The van der Waals surface area contributed by atoms with E-state index in [0.717, 1.165) is 18.5 Å². The van der Waals surface area contributed by atoms with Crippen molar-refractivity contribution in [2.24, 2.45) is 0 Å². The van der Waals surface area contributed by atoms with E-state index >= 15 is 0 Å².